The Labute approximate surface area is 121 Å². The number of alkyl halides is 1. The van der Waals surface area contributed by atoms with Crippen LogP contribution < -0.4 is 0 Å². The van der Waals surface area contributed by atoms with E-state index in [4.69, 9.17) is 0 Å². The van der Waals surface area contributed by atoms with Crippen molar-refractivity contribution in [3.63, 3.8) is 0 Å². The molecule has 0 spiro atoms. The topological polar surface area (TPSA) is 0 Å². The van der Waals surface area contributed by atoms with Crippen molar-refractivity contribution in [2.24, 2.45) is 17.3 Å². The molecule has 0 bridgehead atoms. The summed E-state index contributed by atoms with van der Waals surface area (Å²) in [5.41, 5.74) is 0.504. The number of hydrogen-bond acceptors (Lipinski definition) is 1. The normalized spacial score (nSPS) is 30.5. The minimum atomic E-state index is 0.504. The molecule has 1 aliphatic carbocycles. The van der Waals surface area contributed by atoms with Gasteiger partial charge in [-0.25, -0.2) is 0 Å². The lowest BCUT2D eigenvalue weighted by atomic mass is 9.68. The monoisotopic (exact) mass is 320 g/mol. The maximum absolute atomic E-state index is 3.91. The largest absolute Gasteiger partial charge is 0.162 e. The molecule has 0 aromatic carbocycles. The molecule has 0 nitrogen and oxygen atoms in total. The molecule has 0 saturated heterocycles. The van der Waals surface area contributed by atoms with Crippen LogP contribution in [0.15, 0.2) is 0 Å². The van der Waals surface area contributed by atoms with Gasteiger partial charge in [0.05, 0.1) is 0 Å². The molecule has 0 heterocycles. The first-order chi connectivity index (χ1) is 7.95. The van der Waals surface area contributed by atoms with Crippen LogP contribution in [0.1, 0.15) is 59.8 Å². The van der Waals surface area contributed by atoms with Gasteiger partial charge >= 0.3 is 0 Å². The number of hydrogen-bond donors (Lipinski definition) is 0. The van der Waals surface area contributed by atoms with Gasteiger partial charge in [0, 0.05) is 4.83 Å². The minimum Gasteiger partial charge on any atom is -0.162 e. The van der Waals surface area contributed by atoms with Crippen molar-refractivity contribution < 1.29 is 0 Å². The predicted octanol–water partition coefficient (Wildman–Crippen LogP) is 5.75. The first-order valence-electron chi connectivity index (χ1n) is 7.17. The summed E-state index contributed by atoms with van der Waals surface area (Å²) in [7, 11) is 0. The summed E-state index contributed by atoms with van der Waals surface area (Å²) in [5, 5.41) is 0. The van der Waals surface area contributed by atoms with Crippen LogP contribution in [0.5, 0.6) is 0 Å². The fourth-order valence-electron chi connectivity index (χ4n) is 2.90. The van der Waals surface area contributed by atoms with Gasteiger partial charge in [-0.3, -0.25) is 0 Å². The van der Waals surface area contributed by atoms with Gasteiger partial charge in [-0.1, -0.05) is 43.6 Å². The molecule has 0 aromatic rings. The van der Waals surface area contributed by atoms with E-state index < -0.39 is 0 Å². The van der Waals surface area contributed by atoms with Crippen LogP contribution in [0.4, 0.5) is 0 Å². The Morgan fingerprint density at radius 2 is 1.94 bits per heavy atom. The third-order valence-corrected chi connectivity index (χ3v) is 6.37. The van der Waals surface area contributed by atoms with Gasteiger partial charge < -0.3 is 0 Å². The summed E-state index contributed by atoms with van der Waals surface area (Å²) >= 11 is 6.00. The van der Waals surface area contributed by atoms with E-state index in [1.807, 2.05) is 0 Å². The average Bonchev–Trinajstić information content (AvgIpc) is 2.25. The number of rotatable bonds is 5. The van der Waals surface area contributed by atoms with E-state index in [1.54, 1.807) is 0 Å². The fourth-order valence-corrected chi connectivity index (χ4v) is 4.31. The molecular weight excluding hydrogens is 292 g/mol. The lowest BCUT2D eigenvalue weighted by Crippen LogP contribution is -2.32. The van der Waals surface area contributed by atoms with E-state index in [0.717, 1.165) is 16.7 Å². The molecule has 0 aliphatic heterocycles. The fraction of sp³-hybridized carbons (Fsp3) is 1.00. The Kier molecular flexibility index (Phi) is 6.94. The van der Waals surface area contributed by atoms with Crippen molar-refractivity contribution in [3.05, 3.63) is 0 Å². The second-order valence-corrected chi connectivity index (χ2v) is 9.06. The van der Waals surface area contributed by atoms with Crippen molar-refractivity contribution in [1.82, 2.24) is 0 Å². The molecule has 3 atom stereocenters. The molecule has 0 amide bonds. The number of thioether (sulfide) groups is 1. The summed E-state index contributed by atoms with van der Waals surface area (Å²) in [6.07, 6.45) is 7.07. The molecule has 3 unspecified atom stereocenters. The lowest BCUT2D eigenvalue weighted by Gasteiger charge is -2.40. The molecule has 17 heavy (non-hydrogen) atoms. The zero-order valence-corrected chi connectivity index (χ0v) is 14.4. The van der Waals surface area contributed by atoms with Gasteiger partial charge in [-0.05, 0) is 60.9 Å². The third kappa shape index (κ3) is 5.55. The van der Waals surface area contributed by atoms with E-state index in [2.05, 4.69) is 55.4 Å². The van der Waals surface area contributed by atoms with Gasteiger partial charge in [0.15, 0.2) is 0 Å². The van der Waals surface area contributed by atoms with E-state index in [9.17, 15) is 0 Å². The molecular formula is C15H29BrS. The zero-order valence-electron chi connectivity index (χ0n) is 12.0. The van der Waals surface area contributed by atoms with Gasteiger partial charge in [0.1, 0.15) is 0 Å². The highest BCUT2D eigenvalue weighted by Gasteiger charge is 2.34. The Balaban J connectivity index is 2.36. The quantitative estimate of drug-likeness (QED) is 0.459. The van der Waals surface area contributed by atoms with Gasteiger partial charge in [0.2, 0.25) is 0 Å². The highest BCUT2D eigenvalue weighted by atomic mass is 79.9. The smallest absolute Gasteiger partial charge is 0.0174 e. The highest BCUT2D eigenvalue weighted by Crippen LogP contribution is 2.43. The third-order valence-electron chi connectivity index (χ3n) is 4.18. The molecule has 0 aromatic heterocycles. The summed E-state index contributed by atoms with van der Waals surface area (Å²) in [4.78, 5) is 0.785. The molecule has 0 radical (unpaired) electrons. The maximum atomic E-state index is 3.91. The Hall–Kier alpha value is 0.830. The standard InChI is InChI=1S/C15H29BrS/c1-5-17-10-6-7-12-11-13(15(2,3)4)8-9-14(12)16/h12-14H,5-11H2,1-4H3. The Morgan fingerprint density at radius 3 is 2.53 bits per heavy atom. The van der Waals surface area contributed by atoms with Crippen LogP contribution in [-0.4, -0.2) is 16.3 Å². The molecule has 1 aliphatic rings. The second kappa shape index (κ2) is 7.43. The zero-order chi connectivity index (χ0) is 12.9. The molecule has 2 heteroatoms. The summed E-state index contributed by atoms with van der Waals surface area (Å²) in [5.74, 6) is 4.48. The molecule has 1 rings (SSSR count). The van der Waals surface area contributed by atoms with Crippen LogP contribution in [0.3, 0.4) is 0 Å². The minimum absolute atomic E-state index is 0.504. The van der Waals surface area contributed by atoms with Crippen molar-refractivity contribution in [2.45, 2.75) is 64.6 Å². The Bertz CT molecular complexity index is 209. The summed E-state index contributed by atoms with van der Waals surface area (Å²) < 4.78 is 0. The molecule has 1 saturated carbocycles. The molecule has 102 valence electrons. The summed E-state index contributed by atoms with van der Waals surface area (Å²) in [6.45, 7) is 9.50. The van der Waals surface area contributed by atoms with Crippen molar-refractivity contribution in [1.29, 1.82) is 0 Å². The van der Waals surface area contributed by atoms with E-state index in [-0.39, 0.29) is 0 Å². The van der Waals surface area contributed by atoms with Crippen molar-refractivity contribution in [3.8, 4) is 0 Å². The van der Waals surface area contributed by atoms with Gasteiger partial charge in [0.25, 0.3) is 0 Å². The van der Waals surface area contributed by atoms with Crippen LogP contribution in [0, 0.1) is 17.3 Å². The van der Waals surface area contributed by atoms with Gasteiger partial charge in [-0.2, -0.15) is 11.8 Å². The number of halogens is 1. The highest BCUT2D eigenvalue weighted by molar-refractivity contribution is 9.09. The van der Waals surface area contributed by atoms with E-state index in [0.29, 0.717) is 5.41 Å². The van der Waals surface area contributed by atoms with Crippen LogP contribution in [0.25, 0.3) is 0 Å². The summed E-state index contributed by atoms with van der Waals surface area (Å²) in [6, 6.07) is 0. The molecule has 1 fully saturated rings. The lowest BCUT2D eigenvalue weighted by molar-refractivity contribution is 0.142. The maximum Gasteiger partial charge on any atom is 0.0174 e. The van der Waals surface area contributed by atoms with Crippen LogP contribution >= 0.6 is 27.7 Å². The second-order valence-electron chi connectivity index (χ2n) is 6.49. The average molecular weight is 321 g/mol. The van der Waals surface area contributed by atoms with E-state index in [1.165, 1.54) is 43.6 Å². The van der Waals surface area contributed by atoms with Gasteiger partial charge in [-0.15, -0.1) is 0 Å². The van der Waals surface area contributed by atoms with Crippen molar-refractivity contribution >= 4 is 27.7 Å². The Morgan fingerprint density at radius 1 is 1.24 bits per heavy atom. The first-order valence-corrected chi connectivity index (χ1v) is 9.24. The SMILES string of the molecule is CCSCCCC1CC(C(C)(C)C)CCC1Br. The first kappa shape index (κ1) is 15.9. The predicted molar refractivity (Wildman–Crippen MR) is 85.2 cm³/mol. The van der Waals surface area contributed by atoms with Crippen LogP contribution in [-0.2, 0) is 0 Å². The van der Waals surface area contributed by atoms with Crippen molar-refractivity contribution in [2.75, 3.05) is 11.5 Å². The van der Waals surface area contributed by atoms with E-state index >= 15 is 0 Å². The molecule has 0 N–H and O–H groups in total. The van der Waals surface area contributed by atoms with Crippen LogP contribution in [0.2, 0.25) is 0 Å².